The number of methoxy groups -OCH3 is 1. The van der Waals surface area contributed by atoms with Crippen molar-refractivity contribution in [2.24, 2.45) is 4.40 Å². The van der Waals surface area contributed by atoms with Gasteiger partial charge in [-0.25, -0.2) is 4.39 Å². The highest BCUT2D eigenvalue weighted by Gasteiger charge is 2.15. The molecule has 3 rings (SSSR count). The zero-order valence-corrected chi connectivity index (χ0v) is 15.5. The molecule has 1 heterocycles. The second kappa shape index (κ2) is 7.25. The van der Waals surface area contributed by atoms with Crippen molar-refractivity contribution in [2.45, 2.75) is 11.4 Å². The number of thiazole rings is 1. The van der Waals surface area contributed by atoms with Crippen molar-refractivity contribution in [3.05, 3.63) is 58.1 Å². The number of nitrogens with zero attached hydrogens (tertiary/aromatic N) is 2. The van der Waals surface area contributed by atoms with Crippen molar-refractivity contribution >= 4 is 43.2 Å². The van der Waals surface area contributed by atoms with E-state index in [1.54, 1.807) is 23.8 Å². The lowest BCUT2D eigenvalue weighted by Gasteiger charge is -2.04. The molecule has 0 saturated heterocycles. The minimum absolute atomic E-state index is 0.0670. The average molecular weight is 401 g/mol. The molecule has 0 aliphatic carbocycles. The van der Waals surface area contributed by atoms with E-state index >= 15 is 0 Å². The number of fused-ring (bicyclic) bond motifs is 1. The average Bonchev–Trinajstić information content (AvgIpc) is 2.88. The molecular weight excluding hydrogens is 387 g/mol. The highest BCUT2D eigenvalue weighted by molar-refractivity contribution is 7.90. The predicted octanol–water partition coefficient (Wildman–Crippen LogP) is 3.43. The number of hydrogen-bond acceptors (Lipinski definition) is 4. The van der Waals surface area contributed by atoms with Crippen molar-refractivity contribution in [3.8, 4) is 0 Å². The Labute approximate surface area is 153 Å². The van der Waals surface area contributed by atoms with Crippen LogP contribution in [0, 0.1) is 5.82 Å². The Morgan fingerprint density at radius 3 is 2.64 bits per heavy atom. The summed E-state index contributed by atoms with van der Waals surface area (Å²) in [5, 5.41) is 0.556. The lowest BCUT2D eigenvalue weighted by molar-refractivity contribution is 0.187. The topological polar surface area (TPSA) is 60.7 Å². The zero-order valence-electron chi connectivity index (χ0n) is 13.1. The molecule has 9 heteroatoms. The largest absolute Gasteiger partial charge is 0.383 e. The lowest BCUT2D eigenvalue weighted by atomic mass is 10.3. The van der Waals surface area contributed by atoms with Crippen molar-refractivity contribution in [2.75, 3.05) is 13.7 Å². The van der Waals surface area contributed by atoms with Gasteiger partial charge in [0.15, 0.2) is 0 Å². The Bertz CT molecular complexity index is 1070. The summed E-state index contributed by atoms with van der Waals surface area (Å²) in [6, 6.07) is 9.87. The van der Waals surface area contributed by atoms with Gasteiger partial charge in [0.05, 0.1) is 21.7 Å². The molecule has 1 aromatic heterocycles. The number of rotatable bonds is 5. The van der Waals surface area contributed by atoms with E-state index in [1.165, 1.54) is 23.5 Å². The van der Waals surface area contributed by atoms with Crippen LogP contribution >= 0.6 is 22.9 Å². The Kier molecular flexibility index (Phi) is 5.24. The third kappa shape index (κ3) is 3.92. The van der Waals surface area contributed by atoms with E-state index in [9.17, 15) is 12.8 Å². The first kappa shape index (κ1) is 18.1. The molecule has 2 aromatic carbocycles. The Morgan fingerprint density at radius 2 is 1.96 bits per heavy atom. The normalized spacial score (nSPS) is 12.8. The maximum Gasteiger partial charge on any atom is 0.285 e. The summed E-state index contributed by atoms with van der Waals surface area (Å²) in [7, 11) is -2.39. The molecule has 0 aliphatic heterocycles. The van der Waals surface area contributed by atoms with Crippen LogP contribution in [0.3, 0.4) is 0 Å². The molecule has 5 nitrogen and oxygen atoms in total. The standard InChI is InChI=1S/C16H14ClFN2O3S2/c1-23-9-8-20-14-7-2-11(17)10-15(14)24-16(20)19-25(21,22)13-5-3-12(18)4-6-13/h2-7,10H,8-9H2,1H3/b19-16-. The molecule has 0 amide bonds. The van der Waals surface area contributed by atoms with Crippen molar-refractivity contribution in [1.29, 1.82) is 0 Å². The maximum absolute atomic E-state index is 13.0. The lowest BCUT2D eigenvalue weighted by Crippen LogP contribution is -2.19. The molecule has 3 aromatic rings. The van der Waals surface area contributed by atoms with Gasteiger partial charge in [0, 0.05) is 18.7 Å². The van der Waals surface area contributed by atoms with E-state index < -0.39 is 15.8 Å². The Balaban J connectivity index is 2.18. The number of ether oxygens (including phenoxy) is 1. The fourth-order valence-electron chi connectivity index (χ4n) is 2.28. The van der Waals surface area contributed by atoms with Gasteiger partial charge >= 0.3 is 0 Å². The molecule has 0 spiro atoms. The number of hydrogen-bond donors (Lipinski definition) is 0. The summed E-state index contributed by atoms with van der Waals surface area (Å²) in [6.45, 7) is 0.841. The van der Waals surface area contributed by atoms with E-state index in [2.05, 4.69) is 4.40 Å². The van der Waals surface area contributed by atoms with Crippen LogP contribution in [-0.2, 0) is 21.3 Å². The van der Waals surface area contributed by atoms with Crippen molar-refractivity contribution < 1.29 is 17.5 Å². The number of aromatic nitrogens is 1. The van der Waals surface area contributed by atoms with Crippen molar-refractivity contribution in [3.63, 3.8) is 0 Å². The van der Waals surface area contributed by atoms with Gasteiger partial charge in [-0.1, -0.05) is 22.9 Å². The number of halogens is 2. The molecule has 0 saturated carbocycles. The first-order valence-electron chi connectivity index (χ1n) is 7.25. The summed E-state index contributed by atoms with van der Waals surface area (Å²) in [6.07, 6.45) is 0. The van der Waals surface area contributed by atoms with Crippen LogP contribution in [0.15, 0.2) is 51.8 Å². The molecule has 0 radical (unpaired) electrons. The van der Waals surface area contributed by atoms with Crippen LogP contribution in [0.5, 0.6) is 0 Å². The number of sulfonamides is 1. The van der Waals surface area contributed by atoms with Gasteiger partial charge in [0.25, 0.3) is 10.0 Å². The molecule has 0 aliphatic rings. The Hall–Kier alpha value is -1.74. The van der Waals surface area contributed by atoms with E-state index in [0.29, 0.717) is 23.0 Å². The van der Waals surface area contributed by atoms with Gasteiger partial charge in [-0.15, -0.1) is 4.40 Å². The fraction of sp³-hybridized carbons (Fsp3) is 0.188. The molecule has 0 bridgehead atoms. The van der Waals surface area contributed by atoms with Gasteiger partial charge < -0.3 is 9.30 Å². The maximum atomic E-state index is 13.0. The van der Waals surface area contributed by atoms with Crippen LogP contribution in [-0.4, -0.2) is 26.7 Å². The summed E-state index contributed by atoms with van der Waals surface area (Å²) in [5.74, 6) is -0.509. The fourth-order valence-corrected chi connectivity index (χ4v) is 4.81. The first-order chi connectivity index (χ1) is 11.9. The summed E-state index contributed by atoms with van der Waals surface area (Å²) >= 11 is 7.23. The molecular formula is C16H14ClFN2O3S2. The smallest absolute Gasteiger partial charge is 0.285 e. The molecule has 25 heavy (non-hydrogen) atoms. The van der Waals surface area contributed by atoms with Gasteiger partial charge in [-0.3, -0.25) is 0 Å². The monoisotopic (exact) mass is 400 g/mol. The zero-order chi connectivity index (χ0) is 18.0. The Morgan fingerprint density at radius 1 is 1.24 bits per heavy atom. The number of benzene rings is 2. The van der Waals surface area contributed by atoms with Crippen LogP contribution < -0.4 is 4.80 Å². The second-order valence-corrected chi connectivity index (χ2v) is 8.21. The molecule has 0 atom stereocenters. The molecule has 0 N–H and O–H groups in total. The van der Waals surface area contributed by atoms with E-state index in [4.69, 9.17) is 16.3 Å². The van der Waals surface area contributed by atoms with E-state index in [0.717, 1.165) is 22.3 Å². The quantitative estimate of drug-likeness (QED) is 0.659. The van der Waals surface area contributed by atoms with Gasteiger partial charge in [-0.2, -0.15) is 8.42 Å². The van der Waals surface area contributed by atoms with Gasteiger partial charge in [0.2, 0.25) is 4.80 Å². The van der Waals surface area contributed by atoms with Crippen LogP contribution in [0.25, 0.3) is 10.2 Å². The molecule has 132 valence electrons. The molecule has 0 unspecified atom stereocenters. The van der Waals surface area contributed by atoms with Gasteiger partial charge in [-0.05, 0) is 42.5 Å². The first-order valence-corrected chi connectivity index (χ1v) is 9.88. The highest BCUT2D eigenvalue weighted by atomic mass is 35.5. The minimum atomic E-state index is -3.96. The summed E-state index contributed by atoms with van der Waals surface area (Å²) < 4.78 is 49.7. The van der Waals surface area contributed by atoms with E-state index in [1.807, 2.05) is 6.07 Å². The third-order valence-electron chi connectivity index (χ3n) is 3.47. The van der Waals surface area contributed by atoms with Gasteiger partial charge in [0.1, 0.15) is 5.82 Å². The van der Waals surface area contributed by atoms with E-state index in [-0.39, 0.29) is 4.90 Å². The third-order valence-corrected chi connectivity index (χ3v) is 6.15. The van der Waals surface area contributed by atoms with Crippen molar-refractivity contribution in [1.82, 2.24) is 4.57 Å². The highest BCUT2D eigenvalue weighted by Crippen LogP contribution is 2.22. The van der Waals surface area contributed by atoms with Crippen LogP contribution in [0.2, 0.25) is 5.02 Å². The second-order valence-electron chi connectivity index (χ2n) is 5.16. The predicted molar refractivity (Wildman–Crippen MR) is 95.8 cm³/mol. The van der Waals surface area contributed by atoms with Crippen LogP contribution in [0.4, 0.5) is 4.39 Å². The minimum Gasteiger partial charge on any atom is -0.383 e. The molecule has 0 fully saturated rings. The van der Waals surface area contributed by atoms with Crippen LogP contribution in [0.1, 0.15) is 0 Å². The summed E-state index contributed by atoms with van der Waals surface area (Å²) in [5.41, 5.74) is 0.819. The summed E-state index contributed by atoms with van der Waals surface area (Å²) in [4.78, 5) is 0.237. The SMILES string of the molecule is COCCn1/c(=N/S(=O)(=O)c2ccc(F)cc2)sc2cc(Cl)ccc21.